The lowest BCUT2D eigenvalue weighted by molar-refractivity contribution is 0.181. The molecule has 0 aliphatic heterocycles. The summed E-state index contributed by atoms with van der Waals surface area (Å²) in [5, 5.41) is 8.31. The fraction of sp³-hybridized carbons (Fsp3) is 0.250. The van der Waals surface area contributed by atoms with Crippen molar-refractivity contribution in [3.63, 3.8) is 0 Å². The van der Waals surface area contributed by atoms with E-state index in [-0.39, 0.29) is 0 Å². The van der Waals surface area contributed by atoms with Crippen molar-refractivity contribution >= 4 is 22.8 Å². The molecule has 0 amide bonds. The van der Waals surface area contributed by atoms with Crippen molar-refractivity contribution in [2.45, 2.75) is 13.2 Å². The van der Waals surface area contributed by atoms with Crippen molar-refractivity contribution in [1.82, 2.24) is 29.9 Å². The Balaban J connectivity index is 1.93. The Hall–Kier alpha value is -2.12. The van der Waals surface area contributed by atoms with Gasteiger partial charge in [-0.3, -0.25) is 4.98 Å². The van der Waals surface area contributed by atoms with Gasteiger partial charge >= 0.3 is 0 Å². The van der Waals surface area contributed by atoms with Crippen LogP contribution >= 0.6 is 11.6 Å². The molecular formula is C12H11ClN6O. The molecule has 3 rings (SSSR count). The number of rotatable bonds is 4. The smallest absolute Gasteiger partial charge is 0.183 e. The zero-order valence-corrected chi connectivity index (χ0v) is 11.4. The van der Waals surface area contributed by atoms with Gasteiger partial charge in [-0.05, 0) is 12.1 Å². The van der Waals surface area contributed by atoms with Crippen LogP contribution in [0.5, 0.6) is 0 Å². The second kappa shape index (κ2) is 5.48. The van der Waals surface area contributed by atoms with Crippen molar-refractivity contribution in [3.05, 3.63) is 41.1 Å². The minimum Gasteiger partial charge on any atom is -0.378 e. The molecule has 0 saturated carbocycles. The largest absolute Gasteiger partial charge is 0.378 e. The third kappa shape index (κ3) is 2.45. The van der Waals surface area contributed by atoms with Gasteiger partial charge in [0.15, 0.2) is 16.3 Å². The molecular weight excluding hydrogens is 280 g/mol. The normalized spacial score (nSPS) is 11.1. The Labute approximate surface area is 119 Å². The topological polar surface area (TPSA) is 78.6 Å². The van der Waals surface area contributed by atoms with E-state index in [4.69, 9.17) is 16.3 Å². The first kappa shape index (κ1) is 12.9. The summed E-state index contributed by atoms with van der Waals surface area (Å²) in [7, 11) is 1.64. The first-order chi connectivity index (χ1) is 9.78. The molecule has 0 aliphatic carbocycles. The van der Waals surface area contributed by atoms with E-state index in [1.54, 1.807) is 11.8 Å². The van der Waals surface area contributed by atoms with E-state index in [2.05, 4.69) is 25.3 Å². The highest BCUT2D eigenvalue weighted by atomic mass is 35.5. The van der Waals surface area contributed by atoms with Crippen LogP contribution in [0.1, 0.15) is 11.4 Å². The quantitative estimate of drug-likeness (QED) is 0.677. The van der Waals surface area contributed by atoms with Gasteiger partial charge in [-0.1, -0.05) is 22.9 Å². The number of nitrogens with zero attached hydrogens (tertiary/aromatic N) is 6. The highest BCUT2D eigenvalue weighted by Crippen LogP contribution is 2.16. The van der Waals surface area contributed by atoms with Gasteiger partial charge in [0.05, 0.1) is 24.5 Å². The monoisotopic (exact) mass is 290 g/mol. The number of hydrogen-bond donors (Lipinski definition) is 0. The summed E-state index contributed by atoms with van der Waals surface area (Å²) in [5.41, 5.74) is 2.79. The molecule has 0 atom stereocenters. The molecule has 0 N–H and O–H groups in total. The second-order valence-electron chi connectivity index (χ2n) is 4.14. The van der Waals surface area contributed by atoms with Crippen LogP contribution in [0.3, 0.4) is 0 Å². The summed E-state index contributed by atoms with van der Waals surface area (Å²) in [6, 6.07) is 5.75. The highest BCUT2D eigenvalue weighted by Gasteiger charge is 2.10. The van der Waals surface area contributed by atoms with Crippen molar-refractivity contribution in [2.75, 3.05) is 7.11 Å². The van der Waals surface area contributed by atoms with E-state index < -0.39 is 0 Å². The Bertz CT molecular complexity index is 744. The molecule has 3 aromatic rings. The fourth-order valence-electron chi connectivity index (χ4n) is 1.87. The average Bonchev–Trinajstić information content (AvgIpc) is 2.84. The molecule has 0 bridgehead atoms. The van der Waals surface area contributed by atoms with Gasteiger partial charge in [-0.15, -0.1) is 5.10 Å². The molecule has 8 heteroatoms. The molecule has 0 radical (unpaired) electrons. The number of ether oxygens (including phenoxy) is 1. The second-order valence-corrected chi connectivity index (χ2v) is 4.50. The number of halogens is 1. The van der Waals surface area contributed by atoms with Gasteiger partial charge in [0, 0.05) is 7.11 Å². The third-order valence-electron chi connectivity index (χ3n) is 2.72. The van der Waals surface area contributed by atoms with Crippen LogP contribution in [0.15, 0.2) is 24.5 Å². The molecule has 3 aromatic heterocycles. The van der Waals surface area contributed by atoms with Crippen LogP contribution < -0.4 is 0 Å². The van der Waals surface area contributed by atoms with Crippen LogP contribution in [0.2, 0.25) is 5.15 Å². The highest BCUT2D eigenvalue weighted by molar-refractivity contribution is 6.33. The number of aromatic nitrogens is 6. The maximum atomic E-state index is 5.94. The minimum atomic E-state index is 0.294. The molecule has 20 heavy (non-hydrogen) atoms. The van der Waals surface area contributed by atoms with Crippen molar-refractivity contribution in [3.8, 4) is 0 Å². The lowest BCUT2D eigenvalue weighted by Crippen LogP contribution is -2.06. The van der Waals surface area contributed by atoms with E-state index in [1.807, 2.05) is 18.2 Å². The lowest BCUT2D eigenvalue weighted by atomic mass is 10.3. The molecule has 102 valence electrons. The SMILES string of the molecule is COCc1cccc(Cn2nnc3c(Cl)ncnc32)n1. The van der Waals surface area contributed by atoms with Crippen LogP contribution in [-0.4, -0.2) is 37.1 Å². The standard InChI is InChI=1S/C12H11ClN6O/c1-20-6-9-4-2-3-8(16-9)5-19-12-10(17-18-19)11(13)14-7-15-12/h2-4,7H,5-6H2,1H3. The molecule has 0 unspecified atom stereocenters. The van der Waals surface area contributed by atoms with Gasteiger partial charge < -0.3 is 4.74 Å². The summed E-state index contributed by atoms with van der Waals surface area (Å²) in [6.45, 7) is 0.932. The number of methoxy groups -OCH3 is 1. The summed E-state index contributed by atoms with van der Waals surface area (Å²) in [6.07, 6.45) is 1.39. The van der Waals surface area contributed by atoms with E-state index >= 15 is 0 Å². The zero-order valence-electron chi connectivity index (χ0n) is 10.7. The molecule has 0 spiro atoms. The predicted octanol–water partition coefficient (Wildman–Crippen LogP) is 1.46. The lowest BCUT2D eigenvalue weighted by Gasteiger charge is -2.04. The van der Waals surface area contributed by atoms with Crippen molar-refractivity contribution in [2.24, 2.45) is 0 Å². The predicted molar refractivity (Wildman–Crippen MR) is 72.2 cm³/mol. The van der Waals surface area contributed by atoms with Gasteiger partial charge in [0.1, 0.15) is 6.33 Å². The van der Waals surface area contributed by atoms with Crippen molar-refractivity contribution < 1.29 is 4.74 Å². The summed E-state index contributed by atoms with van der Waals surface area (Å²) < 4.78 is 6.71. The van der Waals surface area contributed by atoms with Gasteiger partial charge in [-0.2, -0.15) is 0 Å². The Morgan fingerprint density at radius 1 is 1.25 bits per heavy atom. The van der Waals surface area contributed by atoms with E-state index in [0.717, 1.165) is 11.4 Å². The van der Waals surface area contributed by atoms with E-state index in [0.29, 0.717) is 29.5 Å². The summed E-state index contributed by atoms with van der Waals surface area (Å²) in [4.78, 5) is 12.5. The van der Waals surface area contributed by atoms with Gasteiger partial charge in [-0.25, -0.2) is 14.6 Å². The zero-order chi connectivity index (χ0) is 13.9. The molecule has 7 nitrogen and oxygen atoms in total. The Morgan fingerprint density at radius 2 is 2.10 bits per heavy atom. The molecule has 0 saturated heterocycles. The summed E-state index contributed by atoms with van der Waals surface area (Å²) in [5.74, 6) is 0. The first-order valence-corrected chi connectivity index (χ1v) is 6.29. The van der Waals surface area contributed by atoms with Gasteiger partial charge in [0.25, 0.3) is 0 Å². The first-order valence-electron chi connectivity index (χ1n) is 5.91. The minimum absolute atomic E-state index is 0.294. The third-order valence-corrected chi connectivity index (χ3v) is 3.00. The van der Waals surface area contributed by atoms with E-state index in [9.17, 15) is 0 Å². The van der Waals surface area contributed by atoms with Crippen molar-refractivity contribution in [1.29, 1.82) is 0 Å². The molecule has 0 aromatic carbocycles. The number of pyridine rings is 1. The number of fused-ring (bicyclic) bond motifs is 1. The maximum Gasteiger partial charge on any atom is 0.183 e. The fourth-order valence-corrected chi connectivity index (χ4v) is 2.04. The molecule has 0 fully saturated rings. The molecule has 3 heterocycles. The molecule has 0 aliphatic rings. The van der Waals surface area contributed by atoms with Gasteiger partial charge in [0.2, 0.25) is 0 Å². The van der Waals surface area contributed by atoms with Crippen LogP contribution in [0, 0.1) is 0 Å². The van der Waals surface area contributed by atoms with Crippen LogP contribution in [0.25, 0.3) is 11.2 Å². The Morgan fingerprint density at radius 3 is 2.95 bits per heavy atom. The average molecular weight is 291 g/mol. The van der Waals surface area contributed by atoms with Crippen LogP contribution in [0.4, 0.5) is 0 Å². The number of hydrogen-bond acceptors (Lipinski definition) is 6. The Kier molecular flexibility index (Phi) is 3.53. The van der Waals surface area contributed by atoms with E-state index in [1.165, 1.54) is 6.33 Å². The van der Waals surface area contributed by atoms with Crippen LogP contribution in [-0.2, 0) is 17.9 Å². The maximum absolute atomic E-state index is 5.94. The summed E-state index contributed by atoms with van der Waals surface area (Å²) >= 11 is 5.94.